The maximum absolute atomic E-state index is 12.8. The molecular formula is C7H13F2O8P. The van der Waals surface area contributed by atoms with Crippen LogP contribution in [0.15, 0.2) is 0 Å². The quantitative estimate of drug-likeness (QED) is 0.228. The van der Waals surface area contributed by atoms with Crippen molar-refractivity contribution >= 4 is 13.9 Å². The minimum atomic E-state index is -5.84. The Kier molecular flexibility index (Phi) is 5.95. The van der Waals surface area contributed by atoms with E-state index < -0.39 is 44.1 Å². The van der Waals surface area contributed by atoms with Gasteiger partial charge in [-0.25, -0.2) is 0 Å². The zero-order chi connectivity index (χ0) is 14.7. The summed E-state index contributed by atoms with van der Waals surface area (Å²) < 4.78 is 36.0. The third kappa shape index (κ3) is 4.32. The van der Waals surface area contributed by atoms with E-state index in [-0.39, 0.29) is 6.29 Å². The Hall–Kier alpha value is -0.480. The van der Waals surface area contributed by atoms with Crippen LogP contribution in [-0.2, 0) is 9.36 Å². The Bertz CT molecular complexity index is 331. The third-order valence-corrected chi connectivity index (χ3v) is 3.15. The Labute approximate surface area is 99.6 Å². The molecule has 6 N–H and O–H groups in total. The summed E-state index contributed by atoms with van der Waals surface area (Å²) in [4.78, 5) is 26.6. The molecule has 0 aliphatic heterocycles. The number of aliphatic hydroxyl groups is 4. The molecule has 108 valence electrons. The molecule has 0 aromatic rings. The second-order valence-corrected chi connectivity index (χ2v) is 5.33. The monoisotopic (exact) mass is 294 g/mol. The van der Waals surface area contributed by atoms with Gasteiger partial charge in [-0.1, -0.05) is 0 Å². The van der Waals surface area contributed by atoms with Crippen molar-refractivity contribution in [2.75, 3.05) is 0 Å². The molecule has 4 atom stereocenters. The normalized spacial score (nSPS) is 20.0. The van der Waals surface area contributed by atoms with Gasteiger partial charge < -0.3 is 35.0 Å². The molecule has 0 saturated carbocycles. The van der Waals surface area contributed by atoms with Gasteiger partial charge in [-0.15, -0.1) is 0 Å². The number of aliphatic hydroxyl groups excluding tert-OH is 4. The number of hydrogen-bond acceptors (Lipinski definition) is 6. The number of alkyl halides is 2. The largest absolute Gasteiger partial charge is 0.394 e. The van der Waals surface area contributed by atoms with E-state index in [1.165, 1.54) is 0 Å². The van der Waals surface area contributed by atoms with Crippen molar-refractivity contribution in [3.8, 4) is 0 Å². The second-order valence-electron chi connectivity index (χ2n) is 3.59. The smallest absolute Gasteiger partial charge is 0.390 e. The summed E-state index contributed by atoms with van der Waals surface area (Å²) in [6.45, 7) is 0. The Balaban J connectivity index is 4.73. The molecule has 0 unspecified atom stereocenters. The predicted octanol–water partition coefficient (Wildman–Crippen LogP) is -2.21. The molecule has 0 fully saturated rings. The Morgan fingerprint density at radius 1 is 1.11 bits per heavy atom. The molecular weight excluding hydrogens is 281 g/mol. The summed E-state index contributed by atoms with van der Waals surface area (Å²) in [5, 5.41) is 36.0. The zero-order valence-corrected chi connectivity index (χ0v) is 9.69. The molecule has 0 heterocycles. The highest BCUT2D eigenvalue weighted by Gasteiger charge is 2.51. The van der Waals surface area contributed by atoms with Crippen LogP contribution in [-0.4, -0.2) is 66.6 Å². The summed E-state index contributed by atoms with van der Waals surface area (Å²) in [5.74, 6) is 0. The van der Waals surface area contributed by atoms with Gasteiger partial charge in [-0.2, -0.15) is 8.78 Å². The van der Waals surface area contributed by atoms with Crippen molar-refractivity contribution in [2.45, 2.75) is 36.5 Å². The van der Waals surface area contributed by atoms with Crippen LogP contribution in [0.4, 0.5) is 8.78 Å². The topological polar surface area (TPSA) is 156 Å². The van der Waals surface area contributed by atoms with Crippen LogP contribution in [0.25, 0.3) is 0 Å². The number of carbonyl (C=O) groups is 1. The van der Waals surface area contributed by atoms with Crippen LogP contribution in [0.1, 0.15) is 6.42 Å². The van der Waals surface area contributed by atoms with Crippen LogP contribution in [0.2, 0.25) is 0 Å². The van der Waals surface area contributed by atoms with Gasteiger partial charge in [0.05, 0.1) is 12.5 Å². The third-order valence-electron chi connectivity index (χ3n) is 2.11. The highest BCUT2D eigenvalue weighted by molar-refractivity contribution is 7.53. The van der Waals surface area contributed by atoms with E-state index in [2.05, 4.69) is 0 Å². The molecule has 0 bridgehead atoms. The van der Waals surface area contributed by atoms with Crippen LogP contribution < -0.4 is 0 Å². The molecule has 11 heteroatoms. The van der Waals surface area contributed by atoms with Crippen molar-refractivity contribution in [3.05, 3.63) is 0 Å². The fraction of sp³-hybridized carbons (Fsp3) is 0.857. The molecule has 8 nitrogen and oxygen atoms in total. The summed E-state index contributed by atoms with van der Waals surface area (Å²) >= 11 is 0. The number of aldehydes is 1. The molecule has 0 aliphatic rings. The molecule has 0 spiro atoms. The highest BCUT2D eigenvalue weighted by Crippen LogP contribution is 2.55. The van der Waals surface area contributed by atoms with Crippen LogP contribution >= 0.6 is 7.60 Å². The SMILES string of the molecule is O=C[C@H](O)[C@@H](O)[C@H](O)[C@H](O)CC(F)(F)P(=O)(O)O. The van der Waals surface area contributed by atoms with Gasteiger partial charge in [-0.05, 0) is 0 Å². The van der Waals surface area contributed by atoms with E-state index in [9.17, 15) is 18.1 Å². The van der Waals surface area contributed by atoms with E-state index in [0.29, 0.717) is 0 Å². The van der Waals surface area contributed by atoms with Crippen molar-refractivity contribution in [1.82, 2.24) is 0 Å². The van der Waals surface area contributed by atoms with Gasteiger partial charge >= 0.3 is 13.3 Å². The van der Waals surface area contributed by atoms with E-state index in [1.54, 1.807) is 0 Å². The molecule has 0 aromatic carbocycles. The predicted molar refractivity (Wildman–Crippen MR) is 51.7 cm³/mol. The van der Waals surface area contributed by atoms with Gasteiger partial charge in [0.15, 0.2) is 6.29 Å². The molecule has 0 saturated heterocycles. The average Bonchev–Trinajstić information content (AvgIpc) is 2.23. The number of rotatable bonds is 7. The van der Waals surface area contributed by atoms with E-state index in [4.69, 9.17) is 30.2 Å². The second kappa shape index (κ2) is 6.11. The Morgan fingerprint density at radius 3 is 1.89 bits per heavy atom. The highest BCUT2D eigenvalue weighted by atomic mass is 31.2. The molecule has 0 amide bonds. The first-order valence-electron chi connectivity index (χ1n) is 4.55. The molecule has 0 radical (unpaired) electrons. The first-order chi connectivity index (χ1) is 7.94. The average molecular weight is 294 g/mol. The fourth-order valence-electron chi connectivity index (χ4n) is 1.00. The van der Waals surface area contributed by atoms with Gasteiger partial charge in [0.2, 0.25) is 0 Å². The number of halogens is 2. The van der Waals surface area contributed by atoms with E-state index in [1.807, 2.05) is 0 Å². The maximum atomic E-state index is 12.8. The van der Waals surface area contributed by atoms with Crippen molar-refractivity contribution in [1.29, 1.82) is 0 Å². The summed E-state index contributed by atoms with van der Waals surface area (Å²) in [5.41, 5.74) is -4.61. The standard InChI is InChI=1S/C7H13F2O8P/c8-7(9,18(15,16)17)1-3(11)5(13)6(14)4(12)2-10/h2-6,11-14H,1H2,(H2,15,16,17)/t3-,4+,5-,6-/m1/s1. The lowest BCUT2D eigenvalue weighted by atomic mass is 10.0. The minimum Gasteiger partial charge on any atom is -0.390 e. The lowest BCUT2D eigenvalue weighted by Gasteiger charge is -2.27. The van der Waals surface area contributed by atoms with Crippen molar-refractivity contribution in [2.24, 2.45) is 0 Å². The zero-order valence-electron chi connectivity index (χ0n) is 8.80. The minimum absolute atomic E-state index is 0.207. The summed E-state index contributed by atoms with van der Waals surface area (Å²) in [7, 11) is -5.84. The number of carbonyl (C=O) groups excluding carboxylic acids is 1. The van der Waals surface area contributed by atoms with Gasteiger partial charge in [-0.3, -0.25) is 4.57 Å². The first-order valence-corrected chi connectivity index (χ1v) is 6.16. The van der Waals surface area contributed by atoms with E-state index >= 15 is 0 Å². The van der Waals surface area contributed by atoms with Gasteiger partial charge in [0.25, 0.3) is 0 Å². The molecule has 0 aromatic heterocycles. The lowest BCUT2D eigenvalue weighted by molar-refractivity contribution is -0.138. The first kappa shape index (κ1) is 17.5. The van der Waals surface area contributed by atoms with Crippen molar-refractivity contribution < 1.29 is 48.4 Å². The fourth-order valence-corrected chi connectivity index (χ4v) is 1.43. The lowest BCUT2D eigenvalue weighted by Crippen LogP contribution is -2.46. The summed E-state index contributed by atoms with van der Waals surface area (Å²) in [6.07, 6.45) is -11.3. The van der Waals surface area contributed by atoms with Crippen LogP contribution in [0, 0.1) is 0 Å². The summed E-state index contributed by atoms with van der Waals surface area (Å²) in [6, 6.07) is 0. The van der Waals surface area contributed by atoms with Gasteiger partial charge in [0.1, 0.15) is 18.3 Å². The molecule has 0 aliphatic carbocycles. The maximum Gasteiger partial charge on any atom is 0.394 e. The van der Waals surface area contributed by atoms with E-state index in [0.717, 1.165) is 0 Å². The van der Waals surface area contributed by atoms with Crippen LogP contribution in [0.3, 0.4) is 0 Å². The van der Waals surface area contributed by atoms with Gasteiger partial charge in [0, 0.05) is 0 Å². The number of hydrogen-bond donors (Lipinski definition) is 6. The Morgan fingerprint density at radius 2 is 1.56 bits per heavy atom. The van der Waals surface area contributed by atoms with Crippen molar-refractivity contribution in [3.63, 3.8) is 0 Å². The molecule has 0 rings (SSSR count). The molecule has 18 heavy (non-hydrogen) atoms. The van der Waals surface area contributed by atoms with Crippen LogP contribution in [0.5, 0.6) is 0 Å².